The summed E-state index contributed by atoms with van der Waals surface area (Å²) >= 11 is 0. The lowest BCUT2D eigenvalue weighted by Gasteiger charge is -2.18. The first-order chi connectivity index (χ1) is 9.08. The molecule has 1 fully saturated rings. The maximum atomic E-state index is 12.3. The van der Waals surface area contributed by atoms with Crippen molar-refractivity contribution < 1.29 is 14.7 Å². The molecule has 0 heterocycles. The minimum absolute atomic E-state index is 0.0145. The van der Waals surface area contributed by atoms with Crippen LogP contribution in [-0.4, -0.2) is 16.9 Å². The predicted octanol–water partition coefficient (Wildman–Crippen LogP) is 3.34. The molecule has 2 aliphatic carbocycles. The second-order valence-electron chi connectivity index (χ2n) is 5.88. The number of ketones is 1. The first-order valence-corrected chi connectivity index (χ1v) is 6.96. The van der Waals surface area contributed by atoms with E-state index in [9.17, 15) is 9.59 Å². The predicted molar refractivity (Wildman–Crippen MR) is 71.5 cm³/mol. The second kappa shape index (κ2) is 4.48. The Balaban J connectivity index is 1.91. The minimum Gasteiger partial charge on any atom is -0.481 e. The molecule has 1 aromatic rings. The number of rotatable bonds is 4. The van der Waals surface area contributed by atoms with Crippen molar-refractivity contribution in [2.45, 2.75) is 44.4 Å². The van der Waals surface area contributed by atoms with E-state index in [0.717, 1.165) is 5.56 Å². The summed E-state index contributed by atoms with van der Waals surface area (Å²) in [6, 6.07) is 5.95. The van der Waals surface area contributed by atoms with Gasteiger partial charge in [-0.15, -0.1) is 0 Å². The molecule has 1 saturated carbocycles. The third-order valence-electron chi connectivity index (χ3n) is 4.63. The van der Waals surface area contributed by atoms with Gasteiger partial charge in [-0.3, -0.25) is 9.59 Å². The van der Waals surface area contributed by atoms with Crippen LogP contribution in [-0.2, 0) is 4.79 Å². The van der Waals surface area contributed by atoms with Crippen molar-refractivity contribution in [2.75, 3.05) is 0 Å². The number of carboxylic acid groups (broad SMARTS) is 1. The summed E-state index contributed by atoms with van der Waals surface area (Å²) in [7, 11) is 0. The average molecular weight is 258 g/mol. The maximum Gasteiger partial charge on any atom is 0.306 e. The molecule has 3 heteroatoms. The largest absolute Gasteiger partial charge is 0.481 e. The van der Waals surface area contributed by atoms with Crippen LogP contribution < -0.4 is 0 Å². The topological polar surface area (TPSA) is 54.4 Å². The van der Waals surface area contributed by atoms with Gasteiger partial charge in [0, 0.05) is 12.0 Å². The molecule has 0 radical (unpaired) electrons. The molecule has 0 spiro atoms. The van der Waals surface area contributed by atoms with Gasteiger partial charge in [-0.2, -0.15) is 0 Å². The third kappa shape index (κ3) is 1.97. The van der Waals surface area contributed by atoms with Gasteiger partial charge in [0.1, 0.15) is 0 Å². The molecule has 3 rings (SSSR count). The Kier molecular flexibility index (Phi) is 2.92. The van der Waals surface area contributed by atoms with Crippen LogP contribution in [0.4, 0.5) is 0 Å². The van der Waals surface area contributed by atoms with Crippen molar-refractivity contribution in [3.05, 3.63) is 34.9 Å². The van der Waals surface area contributed by atoms with Gasteiger partial charge in [0.2, 0.25) is 0 Å². The number of carboxylic acids is 1. The van der Waals surface area contributed by atoms with Crippen LogP contribution in [0.2, 0.25) is 0 Å². The zero-order valence-corrected chi connectivity index (χ0v) is 11.1. The van der Waals surface area contributed by atoms with Crippen molar-refractivity contribution in [1.82, 2.24) is 0 Å². The van der Waals surface area contributed by atoms with Gasteiger partial charge in [0.25, 0.3) is 0 Å². The van der Waals surface area contributed by atoms with Crippen LogP contribution in [0.15, 0.2) is 18.2 Å². The average Bonchev–Trinajstić information content (AvgIpc) is 2.99. The maximum absolute atomic E-state index is 12.3. The molecule has 0 aliphatic heterocycles. The van der Waals surface area contributed by atoms with E-state index in [1.807, 2.05) is 12.1 Å². The Morgan fingerprint density at radius 3 is 2.79 bits per heavy atom. The number of fused-ring (bicyclic) bond motifs is 5. The first-order valence-electron chi connectivity index (χ1n) is 6.96. The number of Topliss-reactive ketones (excluding diaryl/α,β-unsaturated/α-hetero) is 1. The Hall–Kier alpha value is -1.64. The quantitative estimate of drug-likeness (QED) is 0.843. The van der Waals surface area contributed by atoms with Gasteiger partial charge >= 0.3 is 5.97 Å². The number of hydrogen-bond donors (Lipinski definition) is 1. The highest BCUT2D eigenvalue weighted by Gasteiger charge is 2.39. The number of aliphatic carboxylic acids is 1. The number of carbonyl (C=O) groups is 2. The molecule has 1 aromatic carbocycles. The second-order valence-corrected chi connectivity index (χ2v) is 5.88. The van der Waals surface area contributed by atoms with E-state index in [-0.39, 0.29) is 12.2 Å². The fourth-order valence-electron chi connectivity index (χ4n) is 3.64. The highest BCUT2D eigenvalue weighted by Crippen LogP contribution is 2.54. The minimum atomic E-state index is -0.901. The van der Waals surface area contributed by atoms with Crippen molar-refractivity contribution in [3.8, 4) is 0 Å². The fourth-order valence-corrected chi connectivity index (χ4v) is 3.64. The summed E-state index contributed by atoms with van der Waals surface area (Å²) < 4.78 is 0. The van der Waals surface area contributed by atoms with E-state index in [4.69, 9.17) is 5.11 Å². The third-order valence-corrected chi connectivity index (χ3v) is 4.63. The zero-order chi connectivity index (χ0) is 13.6. The SMILES string of the molecule is CC(CC(=O)c1cccc2c1C1CCC2C1)C(=O)O. The van der Waals surface area contributed by atoms with E-state index in [2.05, 4.69) is 6.07 Å². The smallest absolute Gasteiger partial charge is 0.306 e. The van der Waals surface area contributed by atoms with E-state index >= 15 is 0 Å². The number of benzene rings is 1. The Morgan fingerprint density at radius 1 is 1.32 bits per heavy atom. The molecule has 3 unspecified atom stereocenters. The van der Waals surface area contributed by atoms with Crippen LogP contribution in [0.5, 0.6) is 0 Å². The van der Waals surface area contributed by atoms with E-state index < -0.39 is 11.9 Å². The molecule has 3 nitrogen and oxygen atoms in total. The zero-order valence-electron chi connectivity index (χ0n) is 11.1. The first kappa shape index (κ1) is 12.4. The molecule has 0 amide bonds. The van der Waals surface area contributed by atoms with Crippen molar-refractivity contribution in [3.63, 3.8) is 0 Å². The highest BCUT2D eigenvalue weighted by atomic mass is 16.4. The Morgan fingerprint density at radius 2 is 2.05 bits per heavy atom. The van der Waals surface area contributed by atoms with E-state index in [0.29, 0.717) is 11.8 Å². The molecule has 1 N–H and O–H groups in total. The molecule has 19 heavy (non-hydrogen) atoms. The van der Waals surface area contributed by atoms with Gasteiger partial charge in [0.05, 0.1) is 5.92 Å². The monoisotopic (exact) mass is 258 g/mol. The van der Waals surface area contributed by atoms with Crippen LogP contribution in [0.3, 0.4) is 0 Å². The summed E-state index contributed by atoms with van der Waals surface area (Å²) in [5.74, 6) is -0.367. The lowest BCUT2D eigenvalue weighted by molar-refractivity contribution is -0.141. The summed E-state index contributed by atoms with van der Waals surface area (Å²) in [6.45, 7) is 1.59. The Labute approximate surface area is 112 Å². The Bertz CT molecular complexity index is 547. The van der Waals surface area contributed by atoms with Crippen LogP contribution in [0, 0.1) is 5.92 Å². The lowest BCUT2D eigenvalue weighted by Crippen LogP contribution is -2.16. The van der Waals surface area contributed by atoms with Crippen LogP contribution >= 0.6 is 0 Å². The van der Waals surface area contributed by atoms with Crippen molar-refractivity contribution in [2.24, 2.45) is 5.92 Å². The van der Waals surface area contributed by atoms with Crippen molar-refractivity contribution >= 4 is 11.8 Å². The van der Waals surface area contributed by atoms with Crippen LogP contribution in [0.25, 0.3) is 0 Å². The molecule has 0 saturated heterocycles. The summed E-state index contributed by atoms with van der Waals surface area (Å²) in [6.07, 6.45) is 3.69. The molecular formula is C16H18O3. The standard InChI is InChI=1S/C16H18O3/c1-9(16(18)19)7-14(17)13-4-2-3-12-10-5-6-11(8-10)15(12)13/h2-4,9-11H,5-8H2,1H3,(H,18,19). The molecule has 3 atom stereocenters. The summed E-state index contributed by atoms with van der Waals surface area (Å²) in [5, 5.41) is 8.92. The molecule has 2 bridgehead atoms. The van der Waals surface area contributed by atoms with Crippen molar-refractivity contribution in [1.29, 1.82) is 0 Å². The molecular weight excluding hydrogens is 240 g/mol. The van der Waals surface area contributed by atoms with Gasteiger partial charge in [-0.25, -0.2) is 0 Å². The van der Waals surface area contributed by atoms with E-state index in [1.165, 1.54) is 30.4 Å². The number of hydrogen-bond acceptors (Lipinski definition) is 2. The van der Waals surface area contributed by atoms with Crippen LogP contribution in [0.1, 0.15) is 65.9 Å². The van der Waals surface area contributed by atoms with E-state index in [1.54, 1.807) is 6.92 Å². The highest BCUT2D eigenvalue weighted by molar-refractivity contribution is 6.00. The molecule has 100 valence electrons. The van der Waals surface area contributed by atoms with Gasteiger partial charge < -0.3 is 5.11 Å². The summed E-state index contributed by atoms with van der Waals surface area (Å²) in [4.78, 5) is 23.2. The lowest BCUT2D eigenvalue weighted by atomic mass is 9.85. The molecule has 0 aromatic heterocycles. The fraction of sp³-hybridized carbons (Fsp3) is 0.500. The number of carbonyl (C=O) groups excluding carboxylic acids is 1. The van der Waals surface area contributed by atoms with Gasteiger partial charge in [-0.05, 0) is 42.2 Å². The van der Waals surface area contributed by atoms with Gasteiger partial charge in [0.15, 0.2) is 5.78 Å². The van der Waals surface area contributed by atoms with Gasteiger partial charge in [-0.1, -0.05) is 25.1 Å². The normalized spacial score (nSPS) is 25.1. The molecule has 2 aliphatic rings. The summed E-state index contributed by atoms with van der Waals surface area (Å²) in [5.41, 5.74) is 3.34.